The summed E-state index contributed by atoms with van der Waals surface area (Å²) in [7, 11) is 0. The van der Waals surface area contributed by atoms with Crippen LogP contribution in [0.5, 0.6) is 0 Å². The molecule has 0 saturated carbocycles. The van der Waals surface area contributed by atoms with E-state index in [1.54, 1.807) is 6.08 Å². The first-order valence-electron chi connectivity index (χ1n) is 7.48. The Morgan fingerprint density at radius 3 is 2.22 bits per heavy atom. The molecule has 2 aromatic rings. The van der Waals surface area contributed by atoms with Crippen LogP contribution in [0.15, 0.2) is 42.0 Å². The van der Waals surface area contributed by atoms with Gasteiger partial charge in [0.15, 0.2) is 0 Å². The Hall–Kier alpha value is -2.86. The SMILES string of the molecule is Cc1ccc(NC(=O)/C(C#N)=C/c2cc(C)c(C)cc2C)cc1. The summed E-state index contributed by atoms with van der Waals surface area (Å²) in [6.45, 7) is 8.02. The maximum absolute atomic E-state index is 12.3. The Morgan fingerprint density at radius 1 is 1.00 bits per heavy atom. The first-order chi connectivity index (χ1) is 10.9. The van der Waals surface area contributed by atoms with Crippen LogP contribution < -0.4 is 5.32 Å². The van der Waals surface area contributed by atoms with Gasteiger partial charge >= 0.3 is 0 Å². The van der Waals surface area contributed by atoms with Crippen LogP contribution >= 0.6 is 0 Å². The predicted octanol–water partition coefficient (Wildman–Crippen LogP) is 4.47. The fourth-order valence-corrected chi connectivity index (χ4v) is 2.28. The molecule has 3 nitrogen and oxygen atoms in total. The Morgan fingerprint density at radius 2 is 1.61 bits per heavy atom. The van der Waals surface area contributed by atoms with Gasteiger partial charge in [0.2, 0.25) is 0 Å². The van der Waals surface area contributed by atoms with Crippen LogP contribution in [0.3, 0.4) is 0 Å². The molecule has 2 aromatic carbocycles. The third-order valence-corrected chi connectivity index (χ3v) is 3.86. The van der Waals surface area contributed by atoms with Crippen LogP contribution in [0.4, 0.5) is 5.69 Å². The molecule has 0 heterocycles. The van der Waals surface area contributed by atoms with E-state index < -0.39 is 5.91 Å². The van der Waals surface area contributed by atoms with Gasteiger partial charge in [0, 0.05) is 5.69 Å². The molecule has 0 fully saturated rings. The summed E-state index contributed by atoms with van der Waals surface area (Å²) in [5.41, 5.74) is 6.16. The lowest BCUT2D eigenvalue weighted by molar-refractivity contribution is -0.112. The van der Waals surface area contributed by atoms with E-state index >= 15 is 0 Å². The van der Waals surface area contributed by atoms with E-state index in [4.69, 9.17) is 0 Å². The zero-order valence-corrected chi connectivity index (χ0v) is 13.9. The number of nitriles is 1. The van der Waals surface area contributed by atoms with Crippen LogP contribution in [0.25, 0.3) is 6.08 Å². The lowest BCUT2D eigenvalue weighted by Gasteiger charge is -2.08. The van der Waals surface area contributed by atoms with Crippen LogP contribution in [0, 0.1) is 39.0 Å². The first-order valence-corrected chi connectivity index (χ1v) is 7.48. The van der Waals surface area contributed by atoms with Crippen LogP contribution in [0.2, 0.25) is 0 Å². The highest BCUT2D eigenvalue weighted by molar-refractivity contribution is 6.09. The number of carbonyl (C=O) groups excluding carboxylic acids is 1. The van der Waals surface area contributed by atoms with Gasteiger partial charge < -0.3 is 5.32 Å². The summed E-state index contributed by atoms with van der Waals surface area (Å²) in [6.07, 6.45) is 1.64. The topological polar surface area (TPSA) is 52.9 Å². The molecule has 1 N–H and O–H groups in total. The molecule has 116 valence electrons. The number of benzene rings is 2. The second-order valence-electron chi connectivity index (χ2n) is 5.78. The average Bonchev–Trinajstić information content (AvgIpc) is 2.51. The minimum Gasteiger partial charge on any atom is -0.321 e. The molecule has 1 amide bonds. The molecule has 0 aromatic heterocycles. The average molecular weight is 304 g/mol. The van der Waals surface area contributed by atoms with Crippen molar-refractivity contribution in [2.45, 2.75) is 27.7 Å². The Balaban J connectivity index is 2.28. The smallest absolute Gasteiger partial charge is 0.266 e. The molecule has 23 heavy (non-hydrogen) atoms. The molecule has 0 unspecified atom stereocenters. The van der Waals surface area contributed by atoms with E-state index in [1.165, 1.54) is 5.56 Å². The number of rotatable bonds is 3. The summed E-state index contributed by atoms with van der Waals surface area (Å²) < 4.78 is 0. The van der Waals surface area contributed by atoms with Crippen molar-refractivity contribution in [3.8, 4) is 6.07 Å². The summed E-state index contributed by atoms with van der Waals surface area (Å²) in [5, 5.41) is 12.1. The van der Waals surface area contributed by atoms with Crippen molar-refractivity contribution in [2.24, 2.45) is 0 Å². The maximum Gasteiger partial charge on any atom is 0.266 e. The number of nitrogens with one attached hydrogen (secondary N) is 1. The van der Waals surface area contributed by atoms with Gasteiger partial charge in [-0.2, -0.15) is 5.26 Å². The molecule has 0 bridgehead atoms. The maximum atomic E-state index is 12.3. The van der Waals surface area contributed by atoms with E-state index in [-0.39, 0.29) is 5.57 Å². The van der Waals surface area contributed by atoms with E-state index in [0.717, 1.165) is 22.3 Å². The van der Waals surface area contributed by atoms with Crippen molar-refractivity contribution in [2.75, 3.05) is 5.32 Å². The Labute approximate surface area is 137 Å². The molecule has 0 aliphatic heterocycles. The summed E-state index contributed by atoms with van der Waals surface area (Å²) >= 11 is 0. The number of hydrogen-bond donors (Lipinski definition) is 1. The summed E-state index contributed by atoms with van der Waals surface area (Å²) in [5.74, 6) is -0.394. The minimum atomic E-state index is -0.394. The van der Waals surface area contributed by atoms with Gasteiger partial charge in [-0.05, 0) is 68.2 Å². The molecular formula is C20H20N2O. The number of anilines is 1. The standard InChI is InChI=1S/C20H20N2O/c1-13-5-7-19(8-6-13)22-20(23)18(12-21)11-17-10-15(3)14(2)9-16(17)4/h5-11H,1-4H3,(H,22,23)/b18-11+. The van der Waals surface area contributed by atoms with E-state index in [2.05, 4.69) is 11.4 Å². The lowest BCUT2D eigenvalue weighted by atomic mass is 9.99. The summed E-state index contributed by atoms with van der Waals surface area (Å²) in [6, 6.07) is 13.5. The van der Waals surface area contributed by atoms with Crippen molar-refractivity contribution in [1.29, 1.82) is 5.26 Å². The van der Waals surface area contributed by atoms with Gasteiger partial charge in [-0.1, -0.05) is 29.8 Å². The van der Waals surface area contributed by atoms with E-state index in [9.17, 15) is 10.1 Å². The lowest BCUT2D eigenvalue weighted by Crippen LogP contribution is -2.13. The van der Waals surface area contributed by atoms with Gasteiger partial charge in [0.1, 0.15) is 11.6 Å². The fraction of sp³-hybridized carbons (Fsp3) is 0.200. The van der Waals surface area contributed by atoms with Crippen LogP contribution in [-0.4, -0.2) is 5.91 Å². The minimum absolute atomic E-state index is 0.0944. The number of amides is 1. The van der Waals surface area contributed by atoms with Gasteiger partial charge in [-0.25, -0.2) is 0 Å². The molecule has 2 rings (SSSR count). The van der Waals surface area contributed by atoms with Crippen LogP contribution in [-0.2, 0) is 4.79 Å². The number of hydrogen-bond acceptors (Lipinski definition) is 2. The Bertz CT molecular complexity index is 809. The largest absolute Gasteiger partial charge is 0.321 e. The van der Waals surface area contributed by atoms with Crippen molar-refractivity contribution in [1.82, 2.24) is 0 Å². The monoisotopic (exact) mass is 304 g/mol. The van der Waals surface area contributed by atoms with Gasteiger partial charge in [0.05, 0.1) is 0 Å². The highest BCUT2D eigenvalue weighted by Crippen LogP contribution is 2.19. The van der Waals surface area contributed by atoms with Crippen LogP contribution in [0.1, 0.15) is 27.8 Å². The number of aryl methyl sites for hydroxylation is 4. The molecular weight excluding hydrogens is 284 g/mol. The quantitative estimate of drug-likeness (QED) is 0.672. The highest BCUT2D eigenvalue weighted by Gasteiger charge is 2.10. The van der Waals surface area contributed by atoms with E-state index in [1.807, 2.05) is 64.1 Å². The van der Waals surface area contributed by atoms with Crippen molar-refractivity contribution in [3.05, 3.63) is 69.8 Å². The van der Waals surface area contributed by atoms with Gasteiger partial charge in [-0.3, -0.25) is 4.79 Å². The molecule has 0 aliphatic carbocycles. The van der Waals surface area contributed by atoms with Gasteiger partial charge in [-0.15, -0.1) is 0 Å². The normalized spacial score (nSPS) is 11.0. The number of carbonyl (C=O) groups is 1. The summed E-state index contributed by atoms with van der Waals surface area (Å²) in [4.78, 5) is 12.3. The van der Waals surface area contributed by atoms with Gasteiger partial charge in [0.25, 0.3) is 5.91 Å². The fourth-order valence-electron chi connectivity index (χ4n) is 2.28. The molecule has 0 saturated heterocycles. The van der Waals surface area contributed by atoms with Crippen molar-refractivity contribution >= 4 is 17.7 Å². The second-order valence-corrected chi connectivity index (χ2v) is 5.78. The zero-order chi connectivity index (χ0) is 17.0. The van der Waals surface area contributed by atoms with Crippen molar-refractivity contribution in [3.63, 3.8) is 0 Å². The second kappa shape index (κ2) is 6.93. The highest BCUT2D eigenvalue weighted by atomic mass is 16.1. The Kier molecular flexibility index (Phi) is 4.98. The van der Waals surface area contributed by atoms with E-state index in [0.29, 0.717) is 5.69 Å². The zero-order valence-electron chi connectivity index (χ0n) is 13.9. The molecule has 0 radical (unpaired) electrons. The molecule has 3 heteroatoms. The van der Waals surface area contributed by atoms with Crippen molar-refractivity contribution < 1.29 is 4.79 Å². The molecule has 0 aliphatic rings. The first kappa shape index (κ1) is 16.5. The third-order valence-electron chi connectivity index (χ3n) is 3.86. The molecule has 0 atom stereocenters. The predicted molar refractivity (Wildman–Crippen MR) is 94.1 cm³/mol. The third kappa shape index (κ3) is 4.08. The molecule has 0 spiro atoms. The number of nitrogens with zero attached hydrogens (tertiary/aromatic N) is 1.